The Morgan fingerprint density at radius 3 is 2.41 bits per heavy atom. The van der Waals surface area contributed by atoms with Crippen LogP contribution in [-0.2, 0) is 13.1 Å². The minimum atomic E-state index is -1.47. The number of amides is 1. The van der Waals surface area contributed by atoms with Crippen LogP contribution in [-0.4, -0.2) is 21.6 Å². The lowest BCUT2D eigenvalue weighted by Gasteiger charge is -2.10. The SMILES string of the molecule is O=C(NCc1ccccc1)c1ccc2c(c1)c(F)c(C(=O)O)n2Cc1ccc(Cl)c(F)c1. The zero-order valence-electron chi connectivity index (χ0n) is 16.6. The van der Waals surface area contributed by atoms with Crippen LogP contribution in [0.2, 0.25) is 5.02 Å². The third kappa shape index (κ3) is 4.20. The second kappa shape index (κ2) is 8.80. The molecule has 0 aliphatic carbocycles. The number of carbonyl (C=O) groups excluding carboxylic acids is 1. The third-order valence-electron chi connectivity index (χ3n) is 5.09. The summed E-state index contributed by atoms with van der Waals surface area (Å²) < 4.78 is 30.1. The molecule has 0 atom stereocenters. The Hall–Kier alpha value is -3.71. The third-order valence-corrected chi connectivity index (χ3v) is 5.39. The van der Waals surface area contributed by atoms with Crippen LogP contribution in [0.1, 0.15) is 32.0 Å². The molecule has 0 bridgehead atoms. The summed E-state index contributed by atoms with van der Waals surface area (Å²) in [6.07, 6.45) is 0. The number of hydrogen-bond donors (Lipinski definition) is 2. The summed E-state index contributed by atoms with van der Waals surface area (Å²) >= 11 is 5.70. The van der Waals surface area contributed by atoms with Crippen molar-refractivity contribution in [3.05, 3.63) is 106 Å². The molecule has 0 saturated heterocycles. The van der Waals surface area contributed by atoms with E-state index in [1.807, 2.05) is 30.3 Å². The van der Waals surface area contributed by atoms with E-state index in [1.165, 1.54) is 41.0 Å². The highest BCUT2D eigenvalue weighted by molar-refractivity contribution is 6.30. The Morgan fingerprint density at radius 1 is 0.969 bits per heavy atom. The maximum Gasteiger partial charge on any atom is 0.355 e. The number of hydrogen-bond acceptors (Lipinski definition) is 2. The zero-order valence-corrected chi connectivity index (χ0v) is 17.4. The van der Waals surface area contributed by atoms with Crippen LogP contribution < -0.4 is 5.32 Å². The molecule has 1 heterocycles. The highest BCUT2D eigenvalue weighted by atomic mass is 35.5. The smallest absolute Gasteiger partial charge is 0.355 e. The molecule has 4 rings (SSSR count). The number of halogens is 3. The molecule has 1 amide bonds. The Kier molecular flexibility index (Phi) is 5.92. The van der Waals surface area contributed by atoms with Crippen LogP contribution in [0.4, 0.5) is 8.78 Å². The standard InChI is InChI=1S/C24H17ClF2N2O3/c25-18-8-6-15(10-19(18)26)13-29-20-9-7-16(11-17(20)21(27)22(29)24(31)32)23(30)28-12-14-4-2-1-3-5-14/h1-11H,12-13H2,(H,28,30)(H,31,32). The first kappa shape index (κ1) is 21.5. The number of aromatic nitrogens is 1. The van der Waals surface area contributed by atoms with Gasteiger partial charge in [0.2, 0.25) is 0 Å². The maximum absolute atomic E-state index is 15.1. The Morgan fingerprint density at radius 2 is 1.72 bits per heavy atom. The average molecular weight is 455 g/mol. The number of benzene rings is 3. The molecule has 0 aliphatic rings. The number of nitrogens with zero attached hydrogens (tertiary/aromatic N) is 1. The molecular weight excluding hydrogens is 438 g/mol. The first-order chi connectivity index (χ1) is 15.3. The molecule has 0 saturated carbocycles. The van der Waals surface area contributed by atoms with E-state index >= 15 is 4.39 Å². The molecule has 0 unspecified atom stereocenters. The highest BCUT2D eigenvalue weighted by Crippen LogP contribution is 2.28. The molecule has 0 radical (unpaired) electrons. The molecule has 162 valence electrons. The second-order valence-electron chi connectivity index (χ2n) is 7.20. The topological polar surface area (TPSA) is 71.3 Å². The average Bonchev–Trinajstić information content (AvgIpc) is 3.06. The predicted octanol–water partition coefficient (Wildman–Crippen LogP) is 5.25. The number of carboxylic acid groups (broad SMARTS) is 1. The summed E-state index contributed by atoms with van der Waals surface area (Å²) in [6.45, 7) is 0.208. The summed E-state index contributed by atoms with van der Waals surface area (Å²) in [4.78, 5) is 24.3. The van der Waals surface area contributed by atoms with Gasteiger partial charge in [-0.2, -0.15) is 0 Å². The number of nitrogens with one attached hydrogen (secondary N) is 1. The maximum atomic E-state index is 15.1. The molecule has 32 heavy (non-hydrogen) atoms. The molecule has 0 fully saturated rings. The van der Waals surface area contributed by atoms with Crippen LogP contribution in [0.25, 0.3) is 10.9 Å². The number of carboxylic acids is 1. The lowest BCUT2D eigenvalue weighted by atomic mass is 10.1. The van der Waals surface area contributed by atoms with Crippen LogP contribution >= 0.6 is 11.6 Å². The Balaban J connectivity index is 1.69. The summed E-state index contributed by atoms with van der Waals surface area (Å²) in [5.74, 6) is -3.50. The number of aromatic carboxylic acids is 1. The van der Waals surface area contributed by atoms with Gasteiger partial charge in [0.1, 0.15) is 5.82 Å². The fraction of sp³-hybridized carbons (Fsp3) is 0.0833. The summed E-state index contributed by atoms with van der Waals surface area (Å²) in [7, 11) is 0. The monoisotopic (exact) mass is 454 g/mol. The van der Waals surface area contributed by atoms with Crippen molar-refractivity contribution in [1.29, 1.82) is 0 Å². The molecule has 5 nitrogen and oxygen atoms in total. The number of fused-ring (bicyclic) bond motifs is 1. The first-order valence-electron chi connectivity index (χ1n) is 9.66. The van der Waals surface area contributed by atoms with E-state index in [-0.39, 0.29) is 28.0 Å². The van der Waals surface area contributed by atoms with E-state index in [1.54, 1.807) is 0 Å². The molecule has 1 aromatic heterocycles. The van der Waals surface area contributed by atoms with Crippen molar-refractivity contribution in [2.75, 3.05) is 0 Å². The zero-order chi connectivity index (χ0) is 22.8. The number of carbonyl (C=O) groups is 2. The van der Waals surface area contributed by atoms with Gasteiger partial charge in [0.25, 0.3) is 5.91 Å². The minimum Gasteiger partial charge on any atom is -0.476 e. The van der Waals surface area contributed by atoms with Crippen LogP contribution in [0.3, 0.4) is 0 Å². The van der Waals surface area contributed by atoms with E-state index in [2.05, 4.69) is 5.32 Å². The van der Waals surface area contributed by atoms with E-state index in [0.717, 1.165) is 5.56 Å². The van der Waals surface area contributed by atoms with Gasteiger partial charge in [-0.1, -0.05) is 48.0 Å². The molecule has 3 aromatic carbocycles. The Bertz CT molecular complexity index is 1340. The molecule has 0 spiro atoms. The summed E-state index contributed by atoms with van der Waals surface area (Å²) in [5.41, 5.74) is 1.21. The van der Waals surface area contributed by atoms with E-state index in [4.69, 9.17) is 11.6 Å². The van der Waals surface area contributed by atoms with E-state index in [0.29, 0.717) is 12.1 Å². The molecular formula is C24H17ClF2N2O3. The summed E-state index contributed by atoms with van der Waals surface area (Å²) in [6, 6.07) is 17.6. The van der Waals surface area contributed by atoms with Crippen LogP contribution in [0.5, 0.6) is 0 Å². The van der Waals surface area contributed by atoms with Crippen molar-refractivity contribution in [3.63, 3.8) is 0 Å². The first-order valence-corrected chi connectivity index (χ1v) is 10.0. The van der Waals surface area contributed by atoms with Crippen molar-refractivity contribution in [2.24, 2.45) is 0 Å². The van der Waals surface area contributed by atoms with Crippen molar-refractivity contribution >= 4 is 34.4 Å². The van der Waals surface area contributed by atoms with E-state index < -0.39 is 29.2 Å². The van der Waals surface area contributed by atoms with Gasteiger partial charge in [0.15, 0.2) is 11.5 Å². The van der Waals surface area contributed by atoms with Gasteiger partial charge in [-0.3, -0.25) is 4.79 Å². The van der Waals surface area contributed by atoms with Crippen LogP contribution in [0.15, 0.2) is 66.7 Å². The highest BCUT2D eigenvalue weighted by Gasteiger charge is 2.24. The fourth-order valence-electron chi connectivity index (χ4n) is 3.53. The minimum absolute atomic E-state index is 0.0100. The van der Waals surface area contributed by atoms with Crippen molar-refractivity contribution in [3.8, 4) is 0 Å². The fourth-order valence-corrected chi connectivity index (χ4v) is 3.65. The molecule has 2 N–H and O–H groups in total. The molecule has 8 heteroatoms. The normalized spacial score (nSPS) is 11.0. The molecule has 4 aromatic rings. The summed E-state index contributed by atoms with van der Waals surface area (Å²) in [5, 5.41) is 12.3. The van der Waals surface area contributed by atoms with Gasteiger partial charge < -0.3 is 15.0 Å². The van der Waals surface area contributed by atoms with Crippen molar-refractivity contribution < 1.29 is 23.5 Å². The lowest BCUT2D eigenvalue weighted by Crippen LogP contribution is -2.22. The largest absolute Gasteiger partial charge is 0.476 e. The van der Waals surface area contributed by atoms with Crippen molar-refractivity contribution in [2.45, 2.75) is 13.1 Å². The lowest BCUT2D eigenvalue weighted by molar-refractivity contribution is 0.0680. The van der Waals surface area contributed by atoms with Gasteiger partial charge in [-0.25, -0.2) is 13.6 Å². The Labute approximate surface area is 186 Å². The van der Waals surface area contributed by atoms with Crippen LogP contribution in [0, 0.1) is 11.6 Å². The quantitative estimate of drug-likeness (QED) is 0.418. The van der Waals surface area contributed by atoms with Gasteiger partial charge in [-0.15, -0.1) is 0 Å². The van der Waals surface area contributed by atoms with Gasteiger partial charge in [0, 0.05) is 24.0 Å². The van der Waals surface area contributed by atoms with Crippen molar-refractivity contribution in [1.82, 2.24) is 9.88 Å². The van der Waals surface area contributed by atoms with Gasteiger partial charge in [0.05, 0.1) is 10.5 Å². The van der Waals surface area contributed by atoms with Gasteiger partial charge >= 0.3 is 5.97 Å². The number of rotatable bonds is 6. The van der Waals surface area contributed by atoms with Gasteiger partial charge in [-0.05, 0) is 41.5 Å². The predicted molar refractivity (Wildman–Crippen MR) is 117 cm³/mol. The van der Waals surface area contributed by atoms with E-state index in [9.17, 15) is 19.1 Å². The second-order valence-corrected chi connectivity index (χ2v) is 7.61. The molecule has 0 aliphatic heterocycles.